The van der Waals surface area contributed by atoms with Crippen molar-refractivity contribution >= 4 is 5.69 Å². The van der Waals surface area contributed by atoms with E-state index < -0.39 is 0 Å². The number of piperidine rings is 1. The normalized spacial score (nSPS) is 26.4. The van der Waals surface area contributed by atoms with Crippen LogP contribution in [0.3, 0.4) is 0 Å². The molecule has 0 aromatic heterocycles. The second-order valence-corrected chi connectivity index (χ2v) is 6.12. The molecule has 0 amide bonds. The Balaban J connectivity index is 1.46. The first kappa shape index (κ1) is 13.9. The molecule has 3 nitrogen and oxygen atoms in total. The van der Waals surface area contributed by atoms with Gasteiger partial charge in [0.1, 0.15) is 0 Å². The van der Waals surface area contributed by atoms with Crippen LogP contribution in [0.1, 0.15) is 37.7 Å². The van der Waals surface area contributed by atoms with Gasteiger partial charge >= 0.3 is 0 Å². The summed E-state index contributed by atoms with van der Waals surface area (Å²) in [6, 6.07) is 9.73. The lowest BCUT2D eigenvalue weighted by Gasteiger charge is -2.34. The maximum Gasteiger partial charge on any atom is 0.0601 e. The lowest BCUT2D eigenvalue weighted by atomic mass is 9.89. The highest BCUT2D eigenvalue weighted by Gasteiger charge is 2.28. The molecule has 20 heavy (non-hydrogen) atoms. The number of methoxy groups -OCH3 is 1. The third-order valence-corrected chi connectivity index (χ3v) is 4.68. The van der Waals surface area contributed by atoms with E-state index in [-0.39, 0.29) is 0 Å². The van der Waals surface area contributed by atoms with E-state index in [4.69, 9.17) is 4.74 Å². The summed E-state index contributed by atoms with van der Waals surface area (Å²) >= 11 is 0. The Morgan fingerprint density at radius 3 is 2.45 bits per heavy atom. The van der Waals surface area contributed by atoms with Crippen molar-refractivity contribution in [2.45, 2.75) is 50.8 Å². The minimum Gasteiger partial charge on any atom is -0.381 e. The van der Waals surface area contributed by atoms with E-state index in [1.807, 2.05) is 0 Å². The molecular weight excluding hydrogens is 248 g/mol. The molecule has 2 aliphatic rings. The first-order valence-corrected chi connectivity index (χ1v) is 7.95. The van der Waals surface area contributed by atoms with Crippen LogP contribution in [0.2, 0.25) is 0 Å². The van der Waals surface area contributed by atoms with Crippen molar-refractivity contribution in [3.05, 3.63) is 29.8 Å². The molecule has 0 spiro atoms. The Bertz CT molecular complexity index is 406. The maximum atomic E-state index is 5.31. The highest BCUT2D eigenvalue weighted by molar-refractivity contribution is 5.47. The molecule has 0 bridgehead atoms. The average molecular weight is 274 g/mol. The third kappa shape index (κ3) is 3.33. The van der Waals surface area contributed by atoms with Crippen LogP contribution < -0.4 is 10.2 Å². The molecular formula is C17H26N2O. The molecule has 2 fully saturated rings. The van der Waals surface area contributed by atoms with Crippen LogP contribution in [0.5, 0.6) is 0 Å². The van der Waals surface area contributed by atoms with Gasteiger partial charge < -0.3 is 15.0 Å². The Hall–Kier alpha value is -1.06. The number of nitrogens with zero attached hydrogens (tertiary/aromatic N) is 1. The third-order valence-electron chi connectivity index (χ3n) is 4.68. The fraction of sp³-hybridized carbons (Fsp3) is 0.647. The molecule has 0 radical (unpaired) electrons. The predicted octanol–water partition coefficient (Wildman–Crippen LogP) is 2.94. The first-order valence-electron chi connectivity index (χ1n) is 7.95. The van der Waals surface area contributed by atoms with Gasteiger partial charge in [-0.3, -0.25) is 0 Å². The van der Waals surface area contributed by atoms with Crippen molar-refractivity contribution in [2.24, 2.45) is 0 Å². The monoisotopic (exact) mass is 274 g/mol. The highest BCUT2D eigenvalue weighted by atomic mass is 16.5. The minimum atomic E-state index is 0.481. The molecule has 0 atom stereocenters. The molecule has 1 saturated heterocycles. The van der Waals surface area contributed by atoms with Gasteiger partial charge in [0.05, 0.1) is 6.10 Å². The second kappa shape index (κ2) is 6.59. The summed E-state index contributed by atoms with van der Waals surface area (Å²) in [5.74, 6) is 0. The Kier molecular flexibility index (Phi) is 4.58. The number of rotatable bonds is 5. The van der Waals surface area contributed by atoms with Crippen LogP contribution >= 0.6 is 0 Å². The summed E-state index contributed by atoms with van der Waals surface area (Å²) in [5.41, 5.74) is 2.77. The van der Waals surface area contributed by atoms with Crippen LogP contribution in [-0.2, 0) is 11.3 Å². The van der Waals surface area contributed by atoms with Crippen molar-refractivity contribution in [1.82, 2.24) is 5.32 Å². The molecule has 1 saturated carbocycles. The number of hydrogen-bond acceptors (Lipinski definition) is 3. The van der Waals surface area contributed by atoms with Gasteiger partial charge in [0.15, 0.2) is 0 Å². The van der Waals surface area contributed by atoms with Gasteiger partial charge in [-0.05, 0) is 49.8 Å². The fourth-order valence-corrected chi connectivity index (χ4v) is 3.16. The lowest BCUT2D eigenvalue weighted by molar-refractivity contribution is 0.0170. The lowest BCUT2D eigenvalue weighted by Crippen LogP contribution is -2.44. The van der Waals surface area contributed by atoms with Gasteiger partial charge in [-0.2, -0.15) is 0 Å². The molecule has 1 aliphatic carbocycles. The van der Waals surface area contributed by atoms with E-state index in [1.165, 1.54) is 43.6 Å². The largest absolute Gasteiger partial charge is 0.381 e. The summed E-state index contributed by atoms with van der Waals surface area (Å²) < 4.78 is 5.31. The van der Waals surface area contributed by atoms with Crippen LogP contribution in [-0.4, -0.2) is 32.3 Å². The molecule has 1 aromatic carbocycles. The number of benzene rings is 1. The molecule has 0 unspecified atom stereocenters. The topological polar surface area (TPSA) is 24.5 Å². The van der Waals surface area contributed by atoms with Crippen LogP contribution in [0.4, 0.5) is 5.69 Å². The summed E-state index contributed by atoms with van der Waals surface area (Å²) in [6.07, 6.45) is 6.86. The Morgan fingerprint density at radius 1 is 1.10 bits per heavy atom. The summed E-state index contributed by atoms with van der Waals surface area (Å²) in [5, 5.41) is 3.61. The van der Waals surface area contributed by atoms with Crippen molar-refractivity contribution in [1.29, 1.82) is 0 Å². The molecule has 1 N–H and O–H groups in total. The van der Waals surface area contributed by atoms with E-state index in [2.05, 4.69) is 34.5 Å². The average Bonchev–Trinajstić information content (AvgIpc) is 2.47. The van der Waals surface area contributed by atoms with Crippen LogP contribution in [0.25, 0.3) is 0 Å². The standard InChI is InChI=1S/C17H26N2O/c1-20-17-11-15(12-17)18-13-14-5-7-16(8-6-14)19-9-3-2-4-10-19/h5-8,15,17-18H,2-4,9-13H2,1H3. The number of hydrogen-bond donors (Lipinski definition) is 1. The van der Waals surface area contributed by atoms with Gasteiger partial charge in [-0.15, -0.1) is 0 Å². The fourth-order valence-electron chi connectivity index (χ4n) is 3.16. The first-order chi connectivity index (χ1) is 9.85. The molecule has 1 aromatic rings. The summed E-state index contributed by atoms with van der Waals surface area (Å²) in [4.78, 5) is 2.51. The van der Waals surface area contributed by atoms with Gasteiger partial charge in [-0.25, -0.2) is 0 Å². The number of ether oxygens (including phenoxy) is 1. The number of nitrogens with one attached hydrogen (secondary N) is 1. The van der Waals surface area contributed by atoms with Gasteiger partial charge in [-0.1, -0.05) is 12.1 Å². The Labute approximate surface area is 122 Å². The zero-order valence-corrected chi connectivity index (χ0v) is 12.5. The Morgan fingerprint density at radius 2 is 1.80 bits per heavy atom. The van der Waals surface area contributed by atoms with Gasteiger partial charge in [0.25, 0.3) is 0 Å². The van der Waals surface area contributed by atoms with Crippen molar-refractivity contribution in [3.8, 4) is 0 Å². The summed E-state index contributed by atoms with van der Waals surface area (Å²) in [7, 11) is 1.81. The van der Waals surface area contributed by atoms with Crippen molar-refractivity contribution in [3.63, 3.8) is 0 Å². The molecule has 1 heterocycles. The van der Waals surface area contributed by atoms with E-state index in [0.29, 0.717) is 12.1 Å². The predicted molar refractivity (Wildman–Crippen MR) is 83.2 cm³/mol. The van der Waals surface area contributed by atoms with E-state index in [9.17, 15) is 0 Å². The zero-order chi connectivity index (χ0) is 13.8. The van der Waals surface area contributed by atoms with E-state index >= 15 is 0 Å². The number of anilines is 1. The zero-order valence-electron chi connectivity index (χ0n) is 12.5. The highest BCUT2D eigenvalue weighted by Crippen LogP contribution is 2.23. The molecule has 3 rings (SSSR count). The van der Waals surface area contributed by atoms with Crippen molar-refractivity contribution < 1.29 is 4.74 Å². The van der Waals surface area contributed by atoms with Crippen LogP contribution in [0.15, 0.2) is 24.3 Å². The second-order valence-electron chi connectivity index (χ2n) is 6.12. The van der Waals surface area contributed by atoms with Crippen LogP contribution in [0, 0.1) is 0 Å². The van der Waals surface area contributed by atoms with Crippen molar-refractivity contribution in [2.75, 3.05) is 25.1 Å². The molecule has 3 heteroatoms. The summed E-state index contributed by atoms with van der Waals surface area (Å²) in [6.45, 7) is 3.41. The minimum absolute atomic E-state index is 0.481. The van der Waals surface area contributed by atoms with Gasteiger partial charge in [0, 0.05) is 38.5 Å². The smallest absolute Gasteiger partial charge is 0.0601 e. The maximum absolute atomic E-state index is 5.31. The SMILES string of the molecule is COC1CC(NCc2ccc(N3CCCCC3)cc2)C1. The van der Waals surface area contributed by atoms with Gasteiger partial charge in [0.2, 0.25) is 0 Å². The molecule has 110 valence electrons. The van der Waals surface area contributed by atoms with E-state index in [0.717, 1.165) is 19.4 Å². The molecule has 1 aliphatic heterocycles. The van der Waals surface area contributed by atoms with E-state index in [1.54, 1.807) is 7.11 Å². The quantitative estimate of drug-likeness (QED) is 0.893.